The molecule has 0 aromatic heterocycles. The first-order valence-corrected chi connectivity index (χ1v) is 18.1. The lowest BCUT2D eigenvalue weighted by atomic mass is 10.0. The van der Waals surface area contributed by atoms with E-state index in [2.05, 4.69) is 4.72 Å². The normalized spacial score (nSPS) is 20.2. The number of sulfonamides is 1. The maximum atomic E-state index is 14.4. The van der Waals surface area contributed by atoms with Crippen molar-refractivity contribution in [2.24, 2.45) is 5.92 Å². The second-order valence-corrected chi connectivity index (χ2v) is 14.6. The summed E-state index contributed by atoms with van der Waals surface area (Å²) in [5, 5.41) is 10.6. The van der Waals surface area contributed by atoms with E-state index in [1.165, 1.54) is 30.3 Å². The Labute approximate surface area is 289 Å². The van der Waals surface area contributed by atoms with Crippen molar-refractivity contribution in [3.63, 3.8) is 0 Å². The number of amides is 2. The first kappa shape index (κ1) is 37.2. The average Bonchev–Trinajstić information content (AvgIpc) is 3.06. The number of benzene rings is 3. The number of likely N-dealkylation sites (N-methyl/N-ethyl adjacent to an activating group) is 1. The van der Waals surface area contributed by atoms with E-state index < -0.39 is 22.0 Å². The molecule has 3 aromatic rings. The zero-order chi connectivity index (χ0) is 34.8. The Balaban J connectivity index is 1.63. The van der Waals surface area contributed by atoms with Crippen LogP contribution in [0.2, 0.25) is 5.02 Å². The third-order valence-electron chi connectivity index (χ3n) is 8.51. The number of carbonyl (C=O) groups is 2. The van der Waals surface area contributed by atoms with Crippen molar-refractivity contribution in [2.45, 2.75) is 69.6 Å². The van der Waals surface area contributed by atoms with E-state index in [9.17, 15) is 23.1 Å². The van der Waals surface area contributed by atoms with E-state index in [4.69, 9.17) is 21.1 Å². The molecule has 48 heavy (non-hydrogen) atoms. The van der Waals surface area contributed by atoms with Crippen molar-refractivity contribution in [3.05, 3.63) is 88.9 Å². The minimum absolute atomic E-state index is 0.0193. The predicted octanol–water partition coefficient (Wildman–Crippen LogP) is 5.64. The van der Waals surface area contributed by atoms with Crippen LogP contribution in [0.3, 0.4) is 0 Å². The van der Waals surface area contributed by atoms with E-state index in [0.717, 1.165) is 18.4 Å². The number of aliphatic hydroxyl groups excluding tert-OH is 1. The molecule has 260 valence electrons. The molecule has 3 aromatic carbocycles. The number of halogens is 1. The highest BCUT2D eigenvalue weighted by atomic mass is 35.5. The van der Waals surface area contributed by atoms with Crippen LogP contribution in [-0.2, 0) is 26.0 Å². The number of nitrogens with zero attached hydrogens (tertiary/aromatic N) is 2. The first-order chi connectivity index (χ1) is 22.9. The van der Waals surface area contributed by atoms with E-state index in [1.807, 2.05) is 44.2 Å². The lowest BCUT2D eigenvalue weighted by molar-refractivity contribution is -0.131. The van der Waals surface area contributed by atoms with E-state index in [-0.39, 0.29) is 59.8 Å². The minimum atomic E-state index is -3.99. The highest BCUT2D eigenvalue weighted by Crippen LogP contribution is 2.30. The Kier molecular flexibility index (Phi) is 13.3. The number of hydrogen-bond acceptors (Lipinski definition) is 7. The van der Waals surface area contributed by atoms with Crippen LogP contribution >= 0.6 is 11.6 Å². The summed E-state index contributed by atoms with van der Waals surface area (Å²) in [7, 11) is -2.23. The largest absolute Gasteiger partial charge is 0.490 e. The molecule has 1 aliphatic heterocycles. The number of aliphatic hydroxyl groups is 1. The Morgan fingerprint density at radius 3 is 2.48 bits per heavy atom. The van der Waals surface area contributed by atoms with Gasteiger partial charge < -0.3 is 24.4 Å². The van der Waals surface area contributed by atoms with Gasteiger partial charge in [0.2, 0.25) is 5.91 Å². The minimum Gasteiger partial charge on any atom is -0.490 e. The molecule has 0 radical (unpaired) electrons. The van der Waals surface area contributed by atoms with Crippen LogP contribution in [0.25, 0.3) is 0 Å². The van der Waals surface area contributed by atoms with Gasteiger partial charge in [-0.15, -0.1) is 0 Å². The van der Waals surface area contributed by atoms with Crippen molar-refractivity contribution < 1.29 is 32.6 Å². The van der Waals surface area contributed by atoms with Crippen LogP contribution < -0.4 is 9.46 Å². The first-order valence-electron chi connectivity index (χ1n) is 16.3. The van der Waals surface area contributed by atoms with E-state index in [1.54, 1.807) is 35.9 Å². The number of ether oxygens (including phenoxy) is 2. The molecule has 4 atom stereocenters. The molecule has 0 unspecified atom stereocenters. The van der Waals surface area contributed by atoms with Crippen molar-refractivity contribution in [1.29, 1.82) is 0 Å². The number of carbonyl (C=O) groups excluding carboxylic acids is 2. The van der Waals surface area contributed by atoms with Gasteiger partial charge in [-0.25, -0.2) is 8.42 Å². The molecular weight excluding hydrogens is 654 g/mol. The molecule has 0 bridgehead atoms. The number of fused-ring (bicyclic) bond motifs is 1. The SMILES string of the molecule is C[C@@H]1CN([C@@H](C)CO)C(=O)c2cc(NS(=O)(=O)c3ccc(Cl)cc3)ccc2O[C@@H](C)CCCCO[C@@H]1CN(C)C(=O)Cc1ccccc1. The molecule has 0 fully saturated rings. The second kappa shape index (κ2) is 17.1. The van der Waals surface area contributed by atoms with Gasteiger partial charge in [-0.3, -0.25) is 14.3 Å². The summed E-state index contributed by atoms with van der Waals surface area (Å²) in [5.74, 6) is -0.377. The molecule has 4 rings (SSSR count). The van der Waals surface area contributed by atoms with Crippen molar-refractivity contribution in [1.82, 2.24) is 9.80 Å². The van der Waals surface area contributed by atoms with Gasteiger partial charge in [-0.05, 0) is 81.1 Å². The van der Waals surface area contributed by atoms with Gasteiger partial charge in [-0.2, -0.15) is 0 Å². The summed E-state index contributed by atoms with van der Waals surface area (Å²) < 4.78 is 41.5. The monoisotopic (exact) mass is 699 g/mol. The number of anilines is 1. The molecular formula is C36H46ClN3O7S. The fourth-order valence-electron chi connectivity index (χ4n) is 5.55. The summed E-state index contributed by atoms with van der Waals surface area (Å²) in [5.41, 5.74) is 1.27. The van der Waals surface area contributed by atoms with Crippen LogP contribution in [-0.4, -0.2) is 86.7 Å². The van der Waals surface area contributed by atoms with Crippen molar-refractivity contribution in [3.8, 4) is 5.75 Å². The Bertz CT molecular complexity index is 1620. The molecule has 0 saturated carbocycles. The molecule has 10 nitrogen and oxygen atoms in total. The maximum absolute atomic E-state index is 14.4. The lowest BCUT2D eigenvalue weighted by Gasteiger charge is -2.36. The number of nitrogens with one attached hydrogen (secondary N) is 1. The number of rotatable bonds is 9. The van der Waals surface area contributed by atoms with E-state index >= 15 is 0 Å². The van der Waals surface area contributed by atoms with E-state index in [0.29, 0.717) is 30.3 Å². The second-order valence-electron chi connectivity index (χ2n) is 12.5. The predicted molar refractivity (Wildman–Crippen MR) is 187 cm³/mol. The summed E-state index contributed by atoms with van der Waals surface area (Å²) in [4.78, 5) is 30.7. The summed E-state index contributed by atoms with van der Waals surface area (Å²) in [6, 6.07) is 19.4. The van der Waals surface area contributed by atoms with Gasteiger partial charge in [0.05, 0.1) is 41.7 Å². The average molecular weight is 700 g/mol. The Morgan fingerprint density at radius 2 is 1.79 bits per heavy atom. The quantitative estimate of drug-likeness (QED) is 0.296. The summed E-state index contributed by atoms with van der Waals surface area (Å²) in [6.45, 7) is 6.36. The topological polar surface area (TPSA) is 125 Å². The molecule has 2 amide bonds. The fourth-order valence-corrected chi connectivity index (χ4v) is 6.73. The highest BCUT2D eigenvalue weighted by Gasteiger charge is 2.31. The van der Waals surface area contributed by atoms with Crippen LogP contribution in [0.4, 0.5) is 5.69 Å². The van der Waals surface area contributed by atoms with Crippen LogP contribution in [0, 0.1) is 5.92 Å². The zero-order valence-electron chi connectivity index (χ0n) is 28.0. The van der Waals surface area contributed by atoms with Crippen LogP contribution in [0.5, 0.6) is 5.75 Å². The molecule has 0 spiro atoms. The molecule has 1 heterocycles. The van der Waals surface area contributed by atoms with Gasteiger partial charge in [-0.1, -0.05) is 48.9 Å². The molecule has 0 aliphatic carbocycles. The zero-order valence-corrected chi connectivity index (χ0v) is 29.5. The van der Waals surface area contributed by atoms with Crippen LogP contribution in [0.1, 0.15) is 56.0 Å². The third-order valence-corrected chi connectivity index (χ3v) is 10.2. The number of hydrogen-bond donors (Lipinski definition) is 2. The van der Waals surface area contributed by atoms with Crippen molar-refractivity contribution in [2.75, 3.05) is 38.1 Å². The molecule has 0 saturated heterocycles. The summed E-state index contributed by atoms with van der Waals surface area (Å²) in [6.07, 6.45) is 1.95. The summed E-state index contributed by atoms with van der Waals surface area (Å²) >= 11 is 5.95. The molecule has 2 N–H and O–H groups in total. The van der Waals surface area contributed by atoms with Crippen LogP contribution in [0.15, 0.2) is 77.7 Å². The van der Waals surface area contributed by atoms with Gasteiger partial charge in [0, 0.05) is 43.4 Å². The maximum Gasteiger partial charge on any atom is 0.261 e. The van der Waals surface area contributed by atoms with Gasteiger partial charge in [0.25, 0.3) is 15.9 Å². The third kappa shape index (κ3) is 10.2. The van der Waals surface area contributed by atoms with Crippen molar-refractivity contribution >= 4 is 39.1 Å². The fraction of sp³-hybridized carbons (Fsp3) is 0.444. The standard InChI is InChI=1S/C36H46ClN3O7S/c1-25-22-40(26(2)24-41)36(43)32-21-30(38-48(44,45)31-16-13-29(37)14-17-31)15-18-33(32)47-27(3)10-8-9-19-46-34(25)23-39(4)35(42)20-28-11-6-5-7-12-28/h5-7,11-18,21,25-27,34,38,41H,8-10,19-20,22-24H2,1-4H3/t25-,26+,27+,34-/m1/s1. The Morgan fingerprint density at radius 1 is 1.08 bits per heavy atom. The smallest absolute Gasteiger partial charge is 0.261 e. The Hall–Kier alpha value is -3.64. The van der Waals surface area contributed by atoms with Gasteiger partial charge in [0.15, 0.2) is 0 Å². The highest BCUT2D eigenvalue weighted by molar-refractivity contribution is 7.92. The lowest BCUT2D eigenvalue weighted by Crippen LogP contribution is -2.48. The molecule has 12 heteroatoms. The molecule has 1 aliphatic rings. The van der Waals surface area contributed by atoms with Gasteiger partial charge >= 0.3 is 0 Å². The van der Waals surface area contributed by atoms with Gasteiger partial charge in [0.1, 0.15) is 5.75 Å².